The highest BCUT2D eigenvalue weighted by Crippen LogP contribution is 2.47. The Morgan fingerprint density at radius 2 is 1.86 bits per heavy atom. The standard InChI is InChI=1S/C16H30N2O3/c1-7-8-9-12-17-13(19)16(21-12)10-14(2,3)18(20-6)15(4,5)11-16/h12H,7-11H2,1-6H3,(H,17,19). The van der Waals surface area contributed by atoms with Crippen molar-refractivity contribution in [2.75, 3.05) is 7.11 Å². The highest BCUT2D eigenvalue weighted by atomic mass is 16.7. The molecule has 1 amide bonds. The van der Waals surface area contributed by atoms with E-state index in [4.69, 9.17) is 9.57 Å². The van der Waals surface area contributed by atoms with Crippen molar-refractivity contribution in [3.05, 3.63) is 0 Å². The summed E-state index contributed by atoms with van der Waals surface area (Å²) >= 11 is 0. The molecule has 2 saturated heterocycles. The van der Waals surface area contributed by atoms with Gasteiger partial charge in [0.2, 0.25) is 0 Å². The second-order valence-corrected chi connectivity index (χ2v) is 7.67. The highest BCUT2D eigenvalue weighted by molar-refractivity contribution is 5.87. The third kappa shape index (κ3) is 2.96. The maximum atomic E-state index is 12.6. The second kappa shape index (κ2) is 5.52. The van der Waals surface area contributed by atoms with Gasteiger partial charge in [-0.15, -0.1) is 0 Å². The number of rotatable bonds is 4. The number of hydrogen-bond donors (Lipinski definition) is 1. The lowest BCUT2D eigenvalue weighted by Crippen LogP contribution is -2.66. The molecule has 0 aromatic heterocycles. The van der Waals surface area contributed by atoms with Crippen LogP contribution in [0, 0.1) is 0 Å². The average molecular weight is 298 g/mol. The third-order valence-corrected chi connectivity index (χ3v) is 4.61. The summed E-state index contributed by atoms with van der Waals surface area (Å²) in [7, 11) is 1.70. The van der Waals surface area contributed by atoms with Gasteiger partial charge in [0.1, 0.15) is 6.23 Å². The maximum Gasteiger partial charge on any atom is 0.254 e. The fourth-order valence-electron chi connectivity index (χ4n) is 4.31. The van der Waals surface area contributed by atoms with Crippen LogP contribution in [0.1, 0.15) is 66.7 Å². The van der Waals surface area contributed by atoms with Crippen molar-refractivity contribution in [1.82, 2.24) is 10.4 Å². The molecule has 2 aliphatic heterocycles. The Morgan fingerprint density at radius 3 is 2.33 bits per heavy atom. The van der Waals surface area contributed by atoms with Crippen molar-refractivity contribution in [1.29, 1.82) is 0 Å². The number of hydroxylamine groups is 2. The van der Waals surface area contributed by atoms with Gasteiger partial charge in [-0.25, -0.2) is 0 Å². The first-order chi connectivity index (χ1) is 9.67. The number of ether oxygens (including phenoxy) is 1. The zero-order valence-corrected chi connectivity index (χ0v) is 14.3. The van der Waals surface area contributed by atoms with E-state index in [1.165, 1.54) is 0 Å². The fourth-order valence-corrected chi connectivity index (χ4v) is 4.31. The molecule has 0 aromatic carbocycles. The first-order valence-corrected chi connectivity index (χ1v) is 8.00. The molecular weight excluding hydrogens is 268 g/mol. The molecule has 0 aromatic rings. The van der Waals surface area contributed by atoms with E-state index in [2.05, 4.69) is 39.9 Å². The van der Waals surface area contributed by atoms with E-state index >= 15 is 0 Å². The van der Waals surface area contributed by atoms with Crippen LogP contribution in [0.5, 0.6) is 0 Å². The van der Waals surface area contributed by atoms with Crippen LogP contribution in [-0.2, 0) is 14.4 Å². The van der Waals surface area contributed by atoms with E-state index in [1.807, 2.05) is 5.06 Å². The number of nitrogens with zero attached hydrogens (tertiary/aromatic N) is 1. The molecule has 122 valence electrons. The number of unbranched alkanes of at least 4 members (excludes halogenated alkanes) is 1. The van der Waals surface area contributed by atoms with Crippen molar-refractivity contribution in [2.24, 2.45) is 0 Å². The molecule has 1 atom stereocenters. The minimum atomic E-state index is -0.722. The van der Waals surface area contributed by atoms with Crippen molar-refractivity contribution in [3.63, 3.8) is 0 Å². The van der Waals surface area contributed by atoms with Gasteiger partial charge in [0.15, 0.2) is 5.60 Å². The fraction of sp³-hybridized carbons (Fsp3) is 0.938. The van der Waals surface area contributed by atoms with E-state index in [1.54, 1.807) is 7.11 Å². The van der Waals surface area contributed by atoms with Gasteiger partial charge in [0.05, 0.1) is 7.11 Å². The van der Waals surface area contributed by atoms with E-state index in [9.17, 15) is 4.79 Å². The molecule has 2 aliphatic rings. The van der Waals surface area contributed by atoms with Crippen LogP contribution in [0.25, 0.3) is 0 Å². The molecule has 2 fully saturated rings. The summed E-state index contributed by atoms with van der Waals surface area (Å²) in [6.45, 7) is 10.6. The average Bonchev–Trinajstić information content (AvgIpc) is 2.60. The second-order valence-electron chi connectivity index (χ2n) is 7.67. The lowest BCUT2D eigenvalue weighted by molar-refractivity contribution is -0.291. The lowest BCUT2D eigenvalue weighted by Gasteiger charge is -2.55. The summed E-state index contributed by atoms with van der Waals surface area (Å²) in [5.41, 5.74) is -1.23. The largest absolute Gasteiger partial charge is 0.342 e. The van der Waals surface area contributed by atoms with Gasteiger partial charge < -0.3 is 14.9 Å². The zero-order chi connectivity index (χ0) is 15.9. The molecule has 5 heteroatoms. The van der Waals surface area contributed by atoms with Crippen molar-refractivity contribution < 1.29 is 14.4 Å². The van der Waals surface area contributed by atoms with Gasteiger partial charge in [0.25, 0.3) is 5.91 Å². The maximum absolute atomic E-state index is 12.6. The molecule has 0 radical (unpaired) electrons. The van der Waals surface area contributed by atoms with Crippen LogP contribution in [0.4, 0.5) is 0 Å². The summed E-state index contributed by atoms with van der Waals surface area (Å²) in [5, 5.41) is 5.04. The first kappa shape index (κ1) is 16.7. The topological polar surface area (TPSA) is 50.8 Å². The SMILES string of the molecule is CCCCC1NC(=O)C2(CC(C)(C)N(OC)C(C)(C)C2)O1. The smallest absolute Gasteiger partial charge is 0.254 e. The Morgan fingerprint density at radius 1 is 1.29 bits per heavy atom. The summed E-state index contributed by atoms with van der Waals surface area (Å²) in [6.07, 6.45) is 4.21. The summed E-state index contributed by atoms with van der Waals surface area (Å²) < 4.78 is 6.23. The van der Waals surface area contributed by atoms with Gasteiger partial charge in [0, 0.05) is 23.9 Å². The van der Waals surface area contributed by atoms with Gasteiger partial charge >= 0.3 is 0 Å². The molecule has 1 spiro atoms. The predicted molar refractivity (Wildman–Crippen MR) is 81.5 cm³/mol. The molecular formula is C16H30N2O3. The van der Waals surface area contributed by atoms with Crippen LogP contribution in [0.15, 0.2) is 0 Å². The molecule has 1 unspecified atom stereocenters. The van der Waals surface area contributed by atoms with Gasteiger partial charge in [-0.2, -0.15) is 5.06 Å². The number of nitrogens with one attached hydrogen (secondary N) is 1. The van der Waals surface area contributed by atoms with Crippen molar-refractivity contribution >= 4 is 5.91 Å². The molecule has 0 bridgehead atoms. The molecule has 21 heavy (non-hydrogen) atoms. The summed E-state index contributed by atoms with van der Waals surface area (Å²) in [4.78, 5) is 18.2. The Bertz CT molecular complexity index is 388. The number of piperidine rings is 1. The minimum absolute atomic E-state index is 0.0421. The Kier molecular flexibility index (Phi) is 4.40. The van der Waals surface area contributed by atoms with E-state index in [0.717, 1.165) is 19.3 Å². The normalized spacial score (nSPS) is 30.6. The third-order valence-electron chi connectivity index (χ3n) is 4.61. The number of amides is 1. The van der Waals surface area contributed by atoms with Crippen LogP contribution < -0.4 is 5.32 Å². The highest BCUT2D eigenvalue weighted by Gasteiger charge is 2.60. The lowest BCUT2D eigenvalue weighted by atomic mass is 9.72. The van der Waals surface area contributed by atoms with E-state index in [0.29, 0.717) is 12.8 Å². The Hall–Kier alpha value is -0.650. The summed E-state index contributed by atoms with van der Waals surface area (Å²) in [5.74, 6) is 0.0421. The predicted octanol–water partition coefficient (Wildman–Crippen LogP) is 2.60. The van der Waals surface area contributed by atoms with Gasteiger partial charge in [-0.1, -0.05) is 13.3 Å². The van der Waals surface area contributed by atoms with Gasteiger partial charge in [-0.05, 0) is 40.5 Å². The number of carbonyl (C=O) groups excluding carboxylic acids is 1. The molecule has 0 saturated carbocycles. The monoisotopic (exact) mass is 298 g/mol. The van der Waals surface area contributed by atoms with Crippen molar-refractivity contribution in [3.8, 4) is 0 Å². The minimum Gasteiger partial charge on any atom is -0.342 e. The van der Waals surface area contributed by atoms with Crippen LogP contribution in [0.3, 0.4) is 0 Å². The Labute approximate surface area is 128 Å². The number of carbonyl (C=O) groups is 1. The molecule has 2 rings (SSSR count). The van der Waals surface area contributed by atoms with Crippen LogP contribution >= 0.6 is 0 Å². The Balaban J connectivity index is 2.22. The quantitative estimate of drug-likeness (QED) is 0.867. The van der Waals surface area contributed by atoms with E-state index < -0.39 is 5.60 Å². The van der Waals surface area contributed by atoms with Crippen molar-refractivity contribution in [2.45, 2.75) is 89.6 Å². The van der Waals surface area contributed by atoms with Crippen LogP contribution in [-0.4, -0.2) is 41.0 Å². The molecule has 0 aliphatic carbocycles. The summed E-state index contributed by atoms with van der Waals surface area (Å²) in [6, 6.07) is 0. The molecule has 1 N–H and O–H groups in total. The molecule has 2 heterocycles. The van der Waals surface area contributed by atoms with E-state index in [-0.39, 0.29) is 23.2 Å². The number of hydrogen-bond acceptors (Lipinski definition) is 4. The van der Waals surface area contributed by atoms with Gasteiger partial charge in [-0.3, -0.25) is 4.79 Å². The molecule has 5 nitrogen and oxygen atoms in total. The first-order valence-electron chi connectivity index (χ1n) is 8.00. The van der Waals surface area contributed by atoms with Crippen LogP contribution in [0.2, 0.25) is 0 Å². The zero-order valence-electron chi connectivity index (χ0n) is 14.3.